The van der Waals surface area contributed by atoms with Crippen molar-refractivity contribution in [1.82, 2.24) is 9.97 Å². The molecule has 1 aliphatic carbocycles. The Balaban J connectivity index is 1.02. The quantitative estimate of drug-likeness (QED) is 0.160. The second kappa shape index (κ2) is 15.3. The van der Waals surface area contributed by atoms with Gasteiger partial charge >= 0.3 is 0 Å². The van der Waals surface area contributed by atoms with Crippen LogP contribution in [0.2, 0.25) is 0 Å². The Hall–Kier alpha value is -7.72. The largest absolute Gasteiger partial charge is 0.228 e. The lowest BCUT2D eigenvalue weighted by atomic mass is 9.81. The SMILES string of the molecule is CC1(C)c2ccccc2-c2ccc(-c3cccc(-c4cc(-c5cc(-c6ccc(-c7ccccc7)cc6)cc(-c6cccc7c6sc6ccccc67)c5)nc(-c5ccccc5)n4)c3)cc21. The number of aromatic nitrogens is 2. The van der Waals surface area contributed by atoms with Crippen LogP contribution >= 0.6 is 11.3 Å². The molecule has 0 atom stereocenters. The Morgan fingerprint density at radius 3 is 1.66 bits per heavy atom. The van der Waals surface area contributed by atoms with E-state index in [4.69, 9.17) is 9.97 Å². The normalized spacial score (nSPS) is 12.7. The number of benzene rings is 9. The molecule has 2 heterocycles. The first-order valence-corrected chi connectivity index (χ1v) is 22.8. The molecule has 0 spiro atoms. The molecule has 0 fully saturated rings. The zero-order valence-corrected chi connectivity index (χ0v) is 36.4. The maximum absolute atomic E-state index is 5.37. The van der Waals surface area contributed by atoms with Gasteiger partial charge in [-0.15, -0.1) is 11.3 Å². The van der Waals surface area contributed by atoms with Crippen LogP contribution < -0.4 is 0 Å². The molecule has 9 aromatic carbocycles. The minimum Gasteiger partial charge on any atom is -0.228 e. The predicted octanol–water partition coefficient (Wildman–Crippen LogP) is 16.8. The van der Waals surface area contributed by atoms with Crippen LogP contribution in [0.5, 0.6) is 0 Å². The van der Waals surface area contributed by atoms with Crippen LogP contribution in [0.1, 0.15) is 25.0 Å². The van der Waals surface area contributed by atoms with Crippen molar-refractivity contribution >= 4 is 31.5 Å². The van der Waals surface area contributed by atoms with E-state index in [-0.39, 0.29) is 5.41 Å². The molecule has 302 valence electrons. The lowest BCUT2D eigenvalue weighted by molar-refractivity contribution is 0.660. The lowest BCUT2D eigenvalue weighted by Crippen LogP contribution is -2.14. The molecule has 0 unspecified atom stereocenters. The van der Waals surface area contributed by atoms with Crippen LogP contribution in [0, 0.1) is 0 Å². The van der Waals surface area contributed by atoms with Gasteiger partial charge in [0.1, 0.15) is 0 Å². The number of fused-ring (bicyclic) bond motifs is 6. The topological polar surface area (TPSA) is 25.8 Å². The zero-order valence-electron chi connectivity index (χ0n) is 35.6. The highest BCUT2D eigenvalue weighted by Crippen LogP contribution is 2.50. The monoisotopic (exact) mass is 834 g/mol. The van der Waals surface area contributed by atoms with Crippen LogP contribution in [0.25, 0.3) is 110 Å². The summed E-state index contributed by atoms with van der Waals surface area (Å²) in [6.45, 7) is 4.68. The Morgan fingerprint density at radius 1 is 0.328 bits per heavy atom. The van der Waals surface area contributed by atoms with Crippen molar-refractivity contribution in [3.8, 4) is 89.5 Å². The summed E-state index contributed by atoms with van der Waals surface area (Å²) in [7, 11) is 0. The molecule has 2 nitrogen and oxygen atoms in total. The second-order valence-electron chi connectivity index (χ2n) is 17.4. The molecule has 0 aliphatic heterocycles. The van der Waals surface area contributed by atoms with E-state index in [9.17, 15) is 0 Å². The first-order valence-electron chi connectivity index (χ1n) is 22.0. The van der Waals surface area contributed by atoms with Gasteiger partial charge in [-0.3, -0.25) is 0 Å². The summed E-state index contributed by atoms with van der Waals surface area (Å²) in [6, 6.07) is 79.1. The third kappa shape index (κ3) is 6.56. The summed E-state index contributed by atoms with van der Waals surface area (Å²) in [4.78, 5) is 10.7. The average molecular weight is 835 g/mol. The van der Waals surface area contributed by atoms with Crippen molar-refractivity contribution < 1.29 is 0 Å². The molecule has 3 heteroatoms. The summed E-state index contributed by atoms with van der Waals surface area (Å²) in [5.41, 5.74) is 19.6. The third-order valence-corrected chi connectivity index (χ3v) is 14.3. The molecule has 2 aromatic heterocycles. The molecule has 12 rings (SSSR count). The van der Waals surface area contributed by atoms with Gasteiger partial charge in [-0.05, 0) is 109 Å². The van der Waals surface area contributed by atoms with Crippen molar-refractivity contribution in [3.05, 3.63) is 230 Å². The molecule has 64 heavy (non-hydrogen) atoms. The van der Waals surface area contributed by atoms with E-state index < -0.39 is 0 Å². The fourth-order valence-corrected chi connectivity index (χ4v) is 11.0. The van der Waals surface area contributed by atoms with Crippen LogP contribution in [0.3, 0.4) is 0 Å². The van der Waals surface area contributed by atoms with Gasteiger partial charge in [0.25, 0.3) is 0 Å². The fraction of sp³-hybridized carbons (Fsp3) is 0.0492. The van der Waals surface area contributed by atoms with Crippen molar-refractivity contribution in [3.63, 3.8) is 0 Å². The van der Waals surface area contributed by atoms with Crippen LogP contribution in [-0.2, 0) is 5.41 Å². The zero-order chi connectivity index (χ0) is 42.8. The molecule has 0 amide bonds. The number of rotatable bonds is 7. The van der Waals surface area contributed by atoms with E-state index in [0.717, 1.165) is 50.3 Å². The van der Waals surface area contributed by atoms with E-state index in [1.165, 1.54) is 64.7 Å². The molecular weight excluding hydrogens is 793 g/mol. The minimum absolute atomic E-state index is 0.0779. The molecule has 0 bridgehead atoms. The van der Waals surface area contributed by atoms with Gasteiger partial charge in [0.05, 0.1) is 11.4 Å². The summed E-state index contributed by atoms with van der Waals surface area (Å²) in [5, 5.41) is 2.57. The smallest absolute Gasteiger partial charge is 0.160 e. The minimum atomic E-state index is -0.0779. The summed E-state index contributed by atoms with van der Waals surface area (Å²) < 4.78 is 2.58. The maximum atomic E-state index is 5.37. The molecule has 0 saturated heterocycles. The average Bonchev–Trinajstić information content (AvgIpc) is 3.86. The Morgan fingerprint density at radius 2 is 0.844 bits per heavy atom. The Labute approximate surface area is 377 Å². The van der Waals surface area contributed by atoms with E-state index in [2.05, 4.69) is 226 Å². The first-order chi connectivity index (χ1) is 31.4. The molecule has 0 N–H and O–H groups in total. The van der Waals surface area contributed by atoms with Gasteiger partial charge < -0.3 is 0 Å². The van der Waals surface area contributed by atoms with Gasteiger partial charge in [0.2, 0.25) is 0 Å². The Bertz CT molecular complexity index is 3560. The van der Waals surface area contributed by atoms with Crippen molar-refractivity contribution in [2.24, 2.45) is 0 Å². The van der Waals surface area contributed by atoms with Crippen molar-refractivity contribution in [2.45, 2.75) is 19.3 Å². The van der Waals surface area contributed by atoms with E-state index in [0.29, 0.717) is 5.82 Å². The number of nitrogens with zero attached hydrogens (tertiary/aromatic N) is 2. The maximum Gasteiger partial charge on any atom is 0.160 e. The molecular formula is C61H42N2S. The van der Waals surface area contributed by atoms with Crippen LogP contribution in [-0.4, -0.2) is 9.97 Å². The fourth-order valence-electron chi connectivity index (χ4n) is 9.76. The number of thiophene rings is 1. The van der Waals surface area contributed by atoms with Gasteiger partial charge in [-0.2, -0.15) is 0 Å². The van der Waals surface area contributed by atoms with E-state index in [1.807, 2.05) is 17.4 Å². The second-order valence-corrected chi connectivity index (χ2v) is 18.4. The van der Waals surface area contributed by atoms with Gasteiger partial charge in [-0.25, -0.2) is 9.97 Å². The van der Waals surface area contributed by atoms with Crippen LogP contribution in [0.15, 0.2) is 218 Å². The molecule has 1 aliphatic rings. The summed E-state index contributed by atoms with van der Waals surface area (Å²) in [5.74, 6) is 0.696. The number of hydrogen-bond donors (Lipinski definition) is 0. The van der Waals surface area contributed by atoms with Gasteiger partial charge in [-0.1, -0.05) is 190 Å². The molecule has 0 radical (unpaired) electrons. The lowest BCUT2D eigenvalue weighted by Gasteiger charge is -2.22. The standard InChI is InChI=1S/C61H42N2S/c1-61(2)54-25-11-9-21-50(54)51-32-31-44(37-55(51)61)43-19-13-20-45(33-43)56-38-57(63-60(62-56)42-17-7-4-8-18-42)48-35-46(41-29-27-40(28-30-41)39-15-5-3-6-16-39)34-47(36-48)49-23-14-24-53-52-22-10-12-26-58(52)64-59(49)53/h3-38H,1-2H3. The van der Waals surface area contributed by atoms with Gasteiger partial charge in [0.15, 0.2) is 5.82 Å². The van der Waals surface area contributed by atoms with Crippen molar-refractivity contribution in [2.75, 3.05) is 0 Å². The highest BCUT2D eigenvalue weighted by atomic mass is 32.1. The van der Waals surface area contributed by atoms with Gasteiger partial charge in [0, 0.05) is 42.3 Å². The van der Waals surface area contributed by atoms with Crippen molar-refractivity contribution in [1.29, 1.82) is 0 Å². The molecule has 0 saturated carbocycles. The Kier molecular flexibility index (Phi) is 9.06. The first kappa shape index (κ1) is 38.0. The molecule has 11 aromatic rings. The van der Waals surface area contributed by atoms with Crippen LogP contribution in [0.4, 0.5) is 0 Å². The predicted molar refractivity (Wildman–Crippen MR) is 271 cm³/mol. The van der Waals surface area contributed by atoms with E-state index >= 15 is 0 Å². The number of hydrogen-bond acceptors (Lipinski definition) is 3. The highest BCUT2D eigenvalue weighted by Gasteiger charge is 2.35. The summed E-state index contributed by atoms with van der Waals surface area (Å²) >= 11 is 1.86. The third-order valence-electron chi connectivity index (χ3n) is 13.1. The summed E-state index contributed by atoms with van der Waals surface area (Å²) in [6.07, 6.45) is 0. The highest BCUT2D eigenvalue weighted by molar-refractivity contribution is 7.26. The van der Waals surface area contributed by atoms with E-state index in [1.54, 1.807) is 0 Å².